The van der Waals surface area contributed by atoms with Gasteiger partial charge in [-0.3, -0.25) is 37.3 Å². The van der Waals surface area contributed by atoms with E-state index in [1.54, 1.807) is 0 Å². The summed E-state index contributed by atoms with van der Waals surface area (Å²) in [6, 6.07) is 0. The van der Waals surface area contributed by atoms with E-state index in [1.165, 1.54) is 161 Å². The second-order valence-corrected chi connectivity index (χ2v) is 31.5. The number of hydrogen-bond acceptors (Lipinski definition) is 15. The van der Waals surface area contributed by atoms with Gasteiger partial charge in [0.05, 0.1) is 26.4 Å². The Morgan fingerprint density at radius 1 is 0.269 bits per heavy atom. The average molecular weight is 1370 g/mol. The van der Waals surface area contributed by atoms with Crippen LogP contribution in [0.15, 0.2) is 0 Å². The Bertz CT molecular complexity index is 1830. The van der Waals surface area contributed by atoms with Crippen molar-refractivity contribution in [2.75, 3.05) is 39.6 Å². The lowest BCUT2D eigenvalue weighted by Crippen LogP contribution is -2.30. The molecule has 0 heterocycles. The minimum Gasteiger partial charge on any atom is -0.462 e. The molecule has 0 aromatic rings. The molecule has 0 fully saturated rings. The van der Waals surface area contributed by atoms with Crippen LogP contribution in [-0.4, -0.2) is 96.7 Å². The number of hydrogen-bond donors (Lipinski definition) is 3. The lowest BCUT2D eigenvalue weighted by atomic mass is 10.0. The number of unbranched alkanes of at least 4 members (excludes halogenated alkanes) is 37. The molecule has 0 aliphatic rings. The van der Waals surface area contributed by atoms with Gasteiger partial charge in [0.2, 0.25) is 0 Å². The summed E-state index contributed by atoms with van der Waals surface area (Å²) in [6.07, 6.45) is 47.4. The number of phosphoric acid groups is 2. The van der Waals surface area contributed by atoms with E-state index in [-0.39, 0.29) is 25.7 Å². The zero-order valence-electron chi connectivity index (χ0n) is 60.9. The molecule has 2 unspecified atom stereocenters. The van der Waals surface area contributed by atoms with Crippen LogP contribution >= 0.6 is 15.6 Å². The summed E-state index contributed by atoms with van der Waals surface area (Å²) in [6.45, 7) is 14.1. The average Bonchev–Trinajstić information content (AvgIpc) is 1.47. The van der Waals surface area contributed by atoms with E-state index in [0.717, 1.165) is 115 Å². The van der Waals surface area contributed by atoms with Gasteiger partial charge in [0, 0.05) is 25.7 Å². The zero-order chi connectivity index (χ0) is 68.9. The molecule has 0 radical (unpaired) electrons. The van der Waals surface area contributed by atoms with Crippen LogP contribution in [0.25, 0.3) is 0 Å². The topological polar surface area (TPSA) is 237 Å². The van der Waals surface area contributed by atoms with E-state index in [9.17, 15) is 43.2 Å². The van der Waals surface area contributed by atoms with Crippen molar-refractivity contribution in [2.24, 2.45) is 23.7 Å². The minimum absolute atomic E-state index is 0.106. The fourth-order valence-corrected chi connectivity index (χ4v) is 12.8. The Balaban J connectivity index is 5.20. The van der Waals surface area contributed by atoms with Crippen LogP contribution in [0, 0.1) is 23.7 Å². The number of phosphoric ester groups is 2. The van der Waals surface area contributed by atoms with Gasteiger partial charge in [-0.25, -0.2) is 9.13 Å². The highest BCUT2D eigenvalue weighted by Gasteiger charge is 2.30. The number of aliphatic hydroxyl groups is 1. The smallest absolute Gasteiger partial charge is 0.462 e. The molecule has 0 aromatic carbocycles. The van der Waals surface area contributed by atoms with E-state index in [4.69, 9.17) is 37.0 Å². The molecule has 0 saturated carbocycles. The van der Waals surface area contributed by atoms with Gasteiger partial charge < -0.3 is 33.8 Å². The van der Waals surface area contributed by atoms with Crippen LogP contribution in [0.5, 0.6) is 0 Å². The van der Waals surface area contributed by atoms with Crippen molar-refractivity contribution in [1.82, 2.24) is 0 Å². The summed E-state index contributed by atoms with van der Waals surface area (Å²) >= 11 is 0. The molecule has 0 amide bonds. The molecule has 0 bridgehead atoms. The quantitative estimate of drug-likeness (QED) is 0.0222. The molecule has 0 aliphatic heterocycles. The van der Waals surface area contributed by atoms with Crippen LogP contribution in [0.3, 0.4) is 0 Å². The molecule has 0 aliphatic carbocycles. The van der Waals surface area contributed by atoms with Crippen molar-refractivity contribution in [3.05, 3.63) is 0 Å². The highest BCUT2D eigenvalue weighted by Crippen LogP contribution is 2.45. The first-order chi connectivity index (χ1) is 44.6. The minimum atomic E-state index is -4.95. The molecule has 17 nitrogen and oxygen atoms in total. The van der Waals surface area contributed by atoms with E-state index in [0.29, 0.717) is 37.5 Å². The fraction of sp³-hybridized carbons (Fsp3) is 0.946. The van der Waals surface area contributed by atoms with Crippen molar-refractivity contribution in [2.45, 2.75) is 388 Å². The van der Waals surface area contributed by atoms with Crippen LogP contribution in [-0.2, 0) is 65.4 Å². The lowest BCUT2D eigenvalue weighted by molar-refractivity contribution is -0.161. The number of carbonyl (C=O) groups is 4. The normalized spacial score (nSPS) is 14.2. The van der Waals surface area contributed by atoms with Gasteiger partial charge in [-0.2, -0.15) is 0 Å². The van der Waals surface area contributed by atoms with E-state index >= 15 is 0 Å². The van der Waals surface area contributed by atoms with Crippen LogP contribution in [0.1, 0.15) is 370 Å². The first-order valence-electron chi connectivity index (χ1n) is 38.2. The summed E-state index contributed by atoms with van der Waals surface area (Å²) in [7, 11) is -9.91. The third-order valence-electron chi connectivity index (χ3n) is 17.1. The van der Waals surface area contributed by atoms with Crippen LogP contribution in [0.2, 0.25) is 0 Å². The molecule has 0 rings (SSSR count). The molecule has 93 heavy (non-hydrogen) atoms. The van der Waals surface area contributed by atoms with E-state index in [2.05, 4.69) is 55.4 Å². The summed E-state index contributed by atoms with van der Waals surface area (Å²) < 4.78 is 68.4. The molecule has 552 valence electrons. The number of ether oxygens (including phenoxy) is 4. The third kappa shape index (κ3) is 68.4. The first-order valence-corrected chi connectivity index (χ1v) is 41.2. The SMILES string of the molecule is CC(C)CCCCCCCCCCCCCCCCC(=O)O[C@H](COC(=O)CCCCCCCCCC(C)C)COP(=O)(O)OC[C@@H](O)COP(=O)(O)OC[C@@H](COC(=O)CCCCCCCCC(C)C)OC(=O)CCCCCCCCCCCCCCCCC(C)C. The summed E-state index contributed by atoms with van der Waals surface area (Å²) in [5.41, 5.74) is 0. The largest absolute Gasteiger partial charge is 0.472 e. The Morgan fingerprint density at radius 3 is 0.667 bits per heavy atom. The van der Waals surface area contributed by atoms with Gasteiger partial charge >= 0.3 is 39.5 Å². The predicted molar refractivity (Wildman–Crippen MR) is 377 cm³/mol. The van der Waals surface area contributed by atoms with Crippen molar-refractivity contribution in [1.29, 1.82) is 0 Å². The van der Waals surface area contributed by atoms with E-state index in [1.807, 2.05) is 0 Å². The van der Waals surface area contributed by atoms with Gasteiger partial charge in [0.25, 0.3) is 0 Å². The molecule has 0 spiro atoms. The number of rotatable bonds is 71. The third-order valence-corrected chi connectivity index (χ3v) is 19.0. The summed E-state index contributed by atoms with van der Waals surface area (Å²) in [5.74, 6) is 0.848. The Kier molecular flexibility index (Phi) is 62.2. The van der Waals surface area contributed by atoms with Gasteiger partial charge in [-0.05, 0) is 49.4 Å². The lowest BCUT2D eigenvalue weighted by Gasteiger charge is -2.21. The van der Waals surface area contributed by atoms with E-state index < -0.39 is 97.5 Å². The van der Waals surface area contributed by atoms with Gasteiger partial charge in [-0.15, -0.1) is 0 Å². The summed E-state index contributed by atoms with van der Waals surface area (Å²) in [4.78, 5) is 72.6. The molecule has 0 saturated heterocycles. The van der Waals surface area contributed by atoms with Crippen molar-refractivity contribution in [3.63, 3.8) is 0 Å². The molecule has 3 N–H and O–H groups in total. The second kappa shape index (κ2) is 63.5. The van der Waals surface area contributed by atoms with Crippen molar-refractivity contribution >= 4 is 39.5 Å². The highest BCUT2D eigenvalue weighted by atomic mass is 31.2. The Morgan fingerprint density at radius 2 is 0.452 bits per heavy atom. The Labute approximate surface area is 568 Å². The van der Waals surface area contributed by atoms with Gasteiger partial charge in [0.1, 0.15) is 19.3 Å². The highest BCUT2D eigenvalue weighted by molar-refractivity contribution is 7.47. The van der Waals surface area contributed by atoms with Crippen LogP contribution in [0.4, 0.5) is 0 Å². The molecular weight excluding hydrogens is 1220 g/mol. The molecule has 19 heteroatoms. The molecule has 5 atom stereocenters. The standard InChI is InChI=1S/C74H144O17P2/c1-64(2)50-42-34-26-21-17-13-9-11-15-19-23-29-40-48-56-73(78)90-69(60-84-71(76)54-46-38-31-25-28-36-44-52-66(5)6)62-88-92(80,81)86-58-68(75)59-87-93(82,83)89-63-70(61-85-72(77)55-47-39-33-32-37-45-53-67(7)8)91-74(79)57-49-41-30-24-20-16-12-10-14-18-22-27-35-43-51-65(3)4/h64-70,75H,9-63H2,1-8H3,(H,80,81)(H,82,83)/t68-,69-,70-/m1/s1. The monoisotopic (exact) mass is 1370 g/mol. The molecule has 0 aromatic heterocycles. The number of aliphatic hydroxyl groups excluding tert-OH is 1. The maximum Gasteiger partial charge on any atom is 0.472 e. The first kappa shape index (κ1) is 91.1. The van der Waals surface area contributed by atoms with Crippen LogP contribution < -0.4 is 0 Å². The van der Waals surface area contributed by atoms with Gasteiger partial charge in [0.15, 0.2) is 12.2 Å². The fourth-order valence-electron chi connectivity index (χ4n) is 11.2. The molecular formula is C74H144O17P2. The van der Waals surface area contributed by atoms with Gasteiger partial charge in [-0.1, -0.05) is 319 Å². The number of esters is 4. The zero-order valence-corrected chi connectivity index (χ0v) is 62.7. The number of carbonyl (C=O) groups excluding carboxylic acids is 4. The second-order valence-electron chi connectivity index (χ2n) is 28.6. The van der Waals surface area contributed by atoms with Crippen molar-refractivity contribution < 1.29 is 80.2 Å². The predicted octanol–water partition coefficient (Wildman–Crippen LogP) is 21.3. The Hall–Kier alpha value is -1.94. The summed E-state index contributed by atoms with van der Waals surface area (Å²) in [5, 5.41) is 10.6. The maximum absolute atomic E-state index is 13.0. The maximum atomic E-state index is 13.0. The van der Waals surface area contributed by atoms with Crippen molar-refractivity contribution in [3.8, 4) is 0 Å².